The number of nitrogens with two attached hydrogens (primary N) is 1. The molecule has 1 aromatic rings. The second-order valence-corrected chi connectivity index (χ2v) is 3.67. The fraction of sp³-hybridized carbons (Fsp3) is 0.500. The predicted octanol–water partition coefficient (Wildman–Crippen LogP) is 0.497. The molecule has 0 spiro atoms. The summed E-state index contributed by atoms with van der Waals surface area (Å²) in [7, 11) is 0. The molecule has 0 saturated heterocycles. The van der Waals surface area contributed by atoms with Crippen LogP contribution in [-0.2, 0) is 11.3 Å². The van der Waals surface area contributed by atoms with Crippen LogP contribution in [0, 0.1) is 0 Å². The quantitative estimate of drug-likeness (QED) is 0.742. The Kier molecular flexibility index (Phi) is 3.85. The molecule has 1 heterocycles. The van der Waals surface area contributed by atoms with Crippen LogP contribution < -0.4 is 11.1 Å². The summed E-state index contributed by atoms with van der Waals surface area (Å²) in [5.41, 5.74) is 7.27. The molecule has 1 unspecified atom stereocenters. The second-order valence-electron chi connectivity index (χ2n) is 2.70. The highest BCUT2D eigenvalue weighted by atomic mass is 32.1. The number of rotatable bonds is 4. The molecule has 4 nitrogen and oxygen atoms in total. The van der Waals surface area contributed by atoms with E-state index >= 15 is 0 Å². The number of nitrogens with zero attached hydrogens (tertiary/aromatic N) is 1. The van der Waals surface area contributed by atoms with Crippen LogP contribution in [-0.4, -0.2) is 16.9 Å². The van der Waals surface area contributed by atoms with Gasteiger partial charge in [-0.3, -0.25) is 9.78 Å². The molecular weight excluding hydrogens is 186 g/mol. The van der Waals surface area contributed by atoms with Gasteiger partial charge in [0.15, 0.2) is 0 Å². The van der Waals surface area contributed by atoms with Crippen LogP contribution in [0.3, 0.4) is 0 Å². The Bertz CT molecular complexity index is 260. The molecule has 0 saturated carbocycles. The van der Waals surface area contributed by atoms with Gasteiger partial charge < -0.3 is 11.1 Å². The van der Waals surface area contributed by atoms with Crippen molar-refractivity contribution in [1.82, 2.24) is 10.3 Å². The number of carbonyl (C=O) groups excluding carboxylic acids is 1. The molecule has 3 N–H and O–H groups in total. The maximum atomic E-state index is 11.2. The number of hydrogen-bond donors (Lipinski definition) is 2. The molecule has 0 aliphatic rings. The first kappa shape index (κ1) is 10.1. The molecule has 0 fully saturated rings. The second kappa shape index (κ2) is 4.94. The predicted molar refractivity (Wildman–Crippen MR) is 52.2 cm³/mol. The van der Waals surface area contributed by atoms with E-state index in [4.69, 9.17) is 5.73 Å². The van der Waals surface area contributed by atoms with Gasteiger partial charge in [-0.05, 0) is 6.42 Å². The largest absolute Gasteiger partial charge is 0.350 e. The van der Waals surface area contributed by atoms with E-state index in [1.807, 2.05) is 6.92 Å². The molecule has 0 radical (unpaired) electrons. The third-order valence-corrected chi connectivity index (χ3v) is 2.48. The Balaban J connectivity index is 2.31. The molecular formula is C8H13N3OS. The van der Waals surface area contributed by atoms with Crippen molar-refractivity contribution >= 4 is 17.2 Å². The molecule has 1 atom stereocenters. The molecule has 0 bridgehead atoms. The highest BCUT2D eigenvalue weighted by Gasteiger charge is 2.09. The molecule has 1 aromatic heterocycles. The average molecular weight is 199 g/mol. The molecule has 0 aliphatic heterocycles. The normalized spacial score (nSPS) is 12.5. The van der Waals surface area contributed by atoms with Crippen molar-refractivity contribution in [3.05, 3.63) is 16.6 Å². The number of nitrogens with one attached hydrogen (secondary N) is 1. The van der Waals surface area contributed by atoms with E-state index in [0.29, 0.717) is 13.0 Å². The maximum absolute atomic E-state index is 11.2. The minimum absolute atomic E-state index is 0.101. The molecule has 1 rings (SSSR count). The SMILES string of the molecule is CCC(N)C(=O)NCc1cncs1. The zero-order chi connectivity index (χ0) is 9.68. The lowest BCUT2D eigenvalue weighted by atomic mass is 10.2. The zero-order valence-corrected chi connectivity index (χ0v) is 8.30. The lowest BCUT2D eigenvalue weighted by molar-refractivity contribution is -0.122. The van der Waals surface area contributed by atoms with Crippen molar-refractivity contribution in [3.8, 4) is 0 Å². The molecule has 5 heteroatoms. The first-order valence-corrected chi connectivity index (χ1v) is 5.02. The third-order valence-electron chi connectivity index (χ3n) is 1.70. The van der Waals surface area contributed by atoms with Gasteiger partial charge in [-0.25, -0.2) is 0 Å². The molecule has 0 aliphatic carbocycles. The van der Waals surface area contributed by atoms with Crippen LogP contribution in [0.1, 0.15) is 18.2 Å². The lowest BCUT2D eigenvalue weighted by Crippen LogP contribution is -2.39. The van der Waals surface area contributed by atoms with Crippen molar-refractivity contribution in [3.63, 3.8) is 0 Å². The van der Waals surface area contributed by atoms with Crippen LogP contribution in [0.5, 0.6) is 0 Å². The molecule has 1 amide bonds. The van der Waals surface area contributed by atoms with Gasteiger partial charge in [0, 0.05) is 11.1 Å². The summed E-state index contributed by atoms with van der Waals surface area (Å²) in [5, 5.41) is 2.74. The van der Waals surface area contributed by atoms with E-state index < -0.39 is 6.04 Å². The summed E-state index contributed by atoms with van der Waals surface area (Å²) >= 11 is 1.52. The van der Waals surface area contributed by atoms with Gasteiger partial charge in [0.2, 0.25) is 5.91 Å². The van der Waals surface area contributed by atoms with Crippen LogP contribution in [0.4, 0.5) is 0 Å². The van der Waals surface area contributed by atoms with Gasteiger partial charge in [0.05, 0.1) is 18.1 Å². The Morgan fingerprint density at radius 1 is 1.85 bits per heavy atom. The van der Waals surface area contributed by atoms with E-state index in [2.05, 4.69) is 10.3 Å². The number of aromatic nitrogens is 1. The summed E-state index contributed by atoms with van der Waals surface area (Å²) < 4.78 is 0. The topological polar surface area (TPSA) is 68.0 Å². The number of carbonyl (C=O) groups is 1. The Hall–Kier alpha value is -0.940. The summed E-state index contributed by atoms with van der Waals surface area (Å²) in [5.74, 6) is -0.101. The third kappa shape index (κ3) is 3.12. The standard InChI is InChI=1S/C8H13N3OS/c1-2-7(9)8(12)11-4-6-3-10-5-13-6/h3,5,7H,2,4,9H2,1H3,(H,11,12). The van der Waals surface area contributed by atoms with Crippen LogP contribution in [0.25, 0.3) is 0 Å². The van der Waals surface area contributed by atoms with Crippen molar-refractivity contribution in [2.75, 3.05) is 0 Å². The van der Waals surface area contributed by atoms with Crippen molar-refractivity contribution < 1.29 is 4.79 Å². The van der Waals surface area contributed by atoms with E-state index in [0.717, 1.165) is 4.88 Å². The number of hydrogen-bond acceptors (Lipinski definition) is 4. The Morgan fingerprint density at radius 3 is 3.15 bits per heavy atom. The van der Waals surface area contributed by atoms with E-state index in [1.165, 1.54) is 11.3 Å². The highest BCUT2D eigenvalue weighted by Crippen LogP contribution is 2.04. The summed E-state index contributed by atoms with van der Waals surface area (Å²) in [6.45, 7) is 2.41. The fourth-order valence-corrected chi connectivity index (χ4v) is 1.35. The molecule has 13 heavy (non-hydrogen) atoms. The van der Waals surface area contributed by atoms with Crippen LogP contribution >= 0.6 is 11.3 Å². The summed E-state index contributed by atoms with van der Waals surface area (Å²) in [4.78, 5) is 16.2. The van der Waals surface area contributed by atoms with Gasteiger partial charge in [-0.15, -0.1) is 11.3 Å². The van der Waals surface area contributed by atoms with E-state index in [-0.39, 0.29) is 5.91 Å². The number of thiazole rings is 1. The lowest BCUT2D eigenvalue weighted by Gasteiger charge is -2.08. The smallest absolute Gasteiger partial charge is 0.237 e. The van der Waals surface area contributed by atoms with Gasteiger partial charge >= 0.3 is 0 Å². The van der Waals surface area contributed by atoms with Gasteiger partial charge in [-0.1, -0.05) is 6.92 Å². The van der Waals surface area contributed by atoms with Crippen LogP contribution in [0.2, 0.25) is 0 Å². The minimum atomic E-state index is -0.395. The van der Waals surface area contributed by atoms with Crippen molar-refractivity contribution in [2.24, 2.45) is 5.73 Å². The first-order valence-electron chi connectivity index (χ1n) is 4.14. The molecule has 0 aromatic carbocycles. The Labute approximate surface area is 81.2 Å². The minimum Gasteiger partial charge on any atom is -0.350 e. The molecule has 72 valence electrons. The maximum Gasteiger partial charge on any atom is 0.237 e. The van der Waals surface area contributed by atoms with Gasteiger partial charge in [0.1, 0.15) is 0 Å². The van der Waals surface area contributed by atoms with E-state index in [9.17, 15) is 4.79 Å². The fourth-order valence-electron chi connectivity index (χ4n) is 0.820. The van der Waals surface area contributed by atoms with Crippen molar-refractivity contribution in [1.29, 1.82) is 0 Å². The van der Waals surface area contributed by atoms with Gasteiger partial charge in [0.25, 0.3) is 0 Å². The summed E-state index contributed by atoms with van der Waals surface area (Å²) in [6.07, 6.45) is 2.40. The summed E-state index contributed by atoms with van der Waals surface area (Å²) in [6, 6.07) is -0.395. The monoisotopic (exact) mass is 199 g/mol. The first-order chi connectivity index (χ1) is 6.24. The van der Waals surface area contributed by atoms with Gasteiger partial charge in [-0.2, -0.15) is 0 Å². The van der Waals surface area contributed by atoms with E-state index in [1.54, 1.807) is 11.7 Å². The Morgan fingerprint density at radius 2 is 2.62 bits per heavy atom. The average Bonchev–Trinajstić information content (AvgIpc) is 2.65. The van der Waals surface area contributed by atoms with Crippen LogP contribution in [0.15, 0.2) is 11.7 Å². The highest BCUT2D eigenvalue weighted by molar-refractivity contribution is 7.09. The number of amides is 1. The zero-order valence-electron chi connectivity index (χ0n) is 7.49. The van der Waals surface area contributed by atoms with Crippen molar-refractivity contribution in [2.45, 2.75) is 25.9 Å².